The third-order valence-corrected chi connectivity index (χ3v) is 4.36. The zero-order chi connectivity index (χ0) is 15.5. The van der Waals surface area contributed by atoms with Gasteiger partial charge in [0.1, 0.15) is 0 Å². The third kappa shape index (κ3) is 3.02. The van der Waals surface area contributed by atoms with Crippen molar-refractivity contribution in [2.24, 2.45) is 0 Å². The first-order valence-corrected chi connectivity index (χ1v) is 8.23. The SMILES string of the molecule is CCCc1nn(Cc2ccc(N(C)C)cc2)c2c1CNCC2. The Bertz CT molecular complexity index is 625. The summed E-state index contributed by atoms with van der Waals surface area (Å²) in [5, 5.41) is 8.38. The summed E-state index contributed by atoms with van der Waals surface area (Å²) in [5.74, 6) is 0. The number of rotatable bonds is 5. The highest BCUT2D eigenvalue weighted by Crippen LogP contribution is 2.21. The number of aryl methyl sites for hydroxylation is 1. The zero-order valence-corrected chi connectivity index (χ0v) is 13.9. The van der Waals surface area contributed by atoms with Gasteiger partial charge < -0.3 is 10.2 Å². The molecule has 0 aliphatic carbocycles. The van der Waals surface area contributed by atoms with Gasteiger partial charge in [0.25, 0.3) is 0 Å². The average molecular weight is 298 g/mol. The predicted octanol–water partition coefficient (Wildman–Crippen LogP) is 2.60. The molecule has 0 fully saturated rings. The van der Waals surface area contributed by atoms with Gasteiger partial charge in [0.2, 0.25) is 0 Å². The van der Waals surface area contributed by atoms with E-state index in [1.54, 1.807) is 0 Å². The van der Waals surface area contributed by atoms with Gasteiger partial charge >= 0.3 is 0 Å². The van der Waals surface area contributed by atoms with Crippen molar-refractivity contribution in [2.45, 2.75) is 39.3 Å². The maximum Gasteiger partial charge on any atom is 0.0672 e. The molecule has 4 nitrogen and oxygen atoms in total. The molecule has 3 rings (SSSR count). The lowest BCUT2D eigenvalue weighted by molar-refractivity contribution is 0.582. The molecule has 1 N–H and O–H groups in total. The molecular formula is C18H26N4. The van der Waals surface area contributed by atoms with Crippen LogP contribution in [0.3, 0.4) is 0 Å². The van der Waals surface area contributed by atoms with Gasteiger partial charge in [-0.3, -0.25) is 4.68 Å². The van der Waals surface area contributed by atoms with Crippen LogP contribution >= 0.6 is 0 Å². The van der Waals surface area contributed by atoms with Crippen molar-refractivity contribution in [1.82, 2.24) is 15.1 Å². The topological polar surface area (TPSA) is 33.1 Å². The number of fused-ring (bicyclic) bond motifs is 1. The Balaban J connectivity index is 1.85. The molecule has 0 saturated carbocycles. The molecule has 2 aromatic rings. The van der Waals surface area contributed by atoms with Crippen LogP contribution in [-0.2, 0) is 25.9 Å². The largest absolute Gasteiger partial charge is 0.378 e. The highest BCUT2D eigenvalue weighted by Gasteiger charge is 2.19. The average Bonchev–Trinajstić information content (AvgIpc) is 2.87. The van der Waals surface area contributed by atoms with Crippen molar-refractivity contribution in [1.29, 1.82) is 0 Å². The Morgan fingerprint density at radius 3 is 2.68 bits per heavy atom. The fourth-order valence-electron chi connectivity index (χ4n) is 3.13. The molecule has 0 radical (unpaired) electrons. The van der Waals surface area contributed by atoms with Gasteiger partial charge in [-0.1, -0.05) is 25.5 Å². The second-order valence-corrected chi connectivity index (χ2v) is 6.27. The number of nitrogens with one attached hydrogen (secondary N) is 1. The van der Waals surface area contributed by atoms with Gasteiger partial charge in [0, 0.05) is 50.6 Å². The molecule has 1 aliphatic rings. The third-order valence-electron chi connectivity index (χ3n) is 4.36. The predicted molar refractivity (Wildman–Crippen MR) is 91.5 cm³/mol. The fraction of sp³-hybridized carbons (Fsp3) is 0.500. The molecule has 0 atom stereocenters. The fourth-order valence-corrected chi connectivity index (χ4v) is 3.13. The van der Waals surface area contributed by atoms with Crippen LogP contribution in [0, 0.1) is 0 Å². The van der Waals surface area contributed by atoms with E-state index in [2.05, 4.69) is 60.2 Å². The number of aromatic nitrogens is 2. The van der Waals surface area contributed by atoms with E-state index in [1.807, 2.05) is 0 Å². The molecule has 0 saturated heterocycles. The second-order valence-electron chi connectivity index (χ2n) is 6.27. The van der Waals surface area contributed by atoms with Gasteiger partial charge in [-0.15, -0.1) is 0 Å². The van der Waals surface area contributed by atoms with Gasteiger partial charge in [0.05, 0.1) is 12.2 Å². The quantitative estimate of drug-likeness (QED) is 0.921. The minimum Gasteiger partial charge on any atom is -0.378 e. The van der Waals surface area contributed by atoms with E-state index in [0.29, 0.717) is 0 Å². The van der Waals surface area contributed by atoms with Crippen molar-refractivity contribution < 1.29 is 0 Å². The van der Waals surface area contributed by atoms with Crippen molar-refractivity contribution in [3.63, 3.8) is 0 Å². The lowest BCUT2D eigenvalue weighted by atomic mass is 10.0. The Kier molecular flexibility index (Phi) is 4.48. The summed E-state index contributed by atoms with van der Waals surface area (Å²) in [6, 6.07) is 8.79. The number of anilines is 1. The lowest BCUT2D eigenvalue weighted by Gasteiger charge is -2.16. The Morgan fingerprint density at radius 1 is 1.23 bits per heavy atom. The molecule has 0 bridgehead atoms. The summed E-state index contributed by atoms with van der Waals surface area (Å²) >= 11 is 0. The van der Waals surface area contributed by atoms with Crippen LogP contribution in [0.25, 0.3) is 0 Å². The summed E-state index contributed by atoms with van der Waals surface area (Å²) in [5.41, 5.74) is 6.71. The molecule has 1 aromatic heterocycles. The maximum absolute atomic E-state index is 4.90. The van der Waals surface area contributed by atoms with E-state index in [1.165, 1.54) is 28.2 Å². The van der Waals surface area contributed by atoms with E-state index in [4.69, 9.17) is 5.10 Å². The van der Waals surface area contributed by atoms with Gasteiger partial charge in [-0.25, -0.2) is 0 Å². The summed E-state index contributed by atoms with van der Waals surface area (Å²) in [7, 11) is 4.14. The van der Waals surface area contributed by atoms with Crippen LogP contribution in [-0.4, -0.2) is 30.4 Å². The van der Waals surface area contributed by atoms with E-state index < -0.39 is 0 Å². The first-order chi connectivity index (χ1) is 10.7. The molecule has 1 aromatic carbocycles. The van der Waals surface area contributed by atoms with Crippen LogP contribution in [0.2, 0.25) is 0 Å². The standard InChI is InChI=1S/C18H26N4/c1-4-5-17-16-12-19-11-10-18(16)22(20-17)13-14-6-8-15(9-7-14)21(2)3/h6-9,19H,4-5,10-13H2,1-3H3. The number of hydrogen-bond acceptors (Lipinski definition) is 3. The Labute approximate surface area is 133 Å². The van der Waals surface area contributed by atoms with E-state index >= 15 is 0 Å². The summed E-state index contributed by atoms with van der Waals surface area (Å²) < 4.78 is 2.23. The molecule has 0 amide bonds. The van der Waals surface area contributed by atoms with Gasteiger partial charge in [-0.05, 0) is 24.1 Å². The molecular weight excluding hydrogens is 272 g/mol. The van der Waals surface area contributed by atoms with Crippen LogP contribution in [0.5, 0.6) is 0 Å². The first kappa shape index (κ1) is 15.1. The van der Waals surface area contributed by atoms with Gasteiger partial charge in [0.15, 0.2) is 0 Å². The van der Waals surface area contributed by atoms with Gasteiger partial charge in [-0.2, -0.15) is 5.10 Å². The smallest absolute Gasteiger partial charge is 0.0672 e. The second kappa shape index (κ2) is 6.53. The highest BCUT2D eigenvalue weighted by molar-refractivity contribution is 5.46. The Morgan fingerprint density at radius 2 is 2.00 bits per heavy atom. The van der Waals surface area contributed by atoms with E-state index in [-0.39, 0.29) is 0 Å². The van der Waals surface area contributed by atoms with Crippen LogP contribution < -0.4 is 10.2 Å². The molecule has 0 unspecified atom stereocenters. The van der Waals surface area contributed by atoms with Crippen LogP contribution in [0.1, 0.15) is 35.9 Å². The molecule has 118 valence electrons. The number of benzene rings is 1. The summed E-state index contributed by atoms with van der Waals surface area (Å²) in [4.78, 5) is 2.13. The minimum atomic E-state index is 0.875. The van der Waals surface area contributed by atoms with E-state index in [9.17, 15) is 0 Å². The molecule has 22 heavy (non-hydrogen) atoms. The monoisotopic (exact) mass is 298 g/mol. The van der Waals surface area contributed by atoms with Crippen LogP contribution in [0.4, 0.5) is 5.69 Å². The summed E-state index contributed by atoms with van der Waals surface area (Å²) in [6.45, 7) is 5.13. The molecule has 4 heteroatoms. The molecule has 2 heterocycles. The maximum atomic E-state index is 4.90. The Hall–Kier alpha value is -1.81. The lowest BCUT2D eigenvalue weighted by Crippen LogP contribution is -2.25. The van der Waals surface area contributed by atoms with Crippen molar-refractivity contribution in [2.75, 3.05) is 25.5 Å². The van der Waals surface area contributed by atoms with Crippen LogP contribution in [0.15, 0.2) is 24.3 Å². The molecule has 1 aliphatic heterocycles. The zero-order valence-electron chi connectivity index (χ0n) is 13.9. The van der Waals surface area contributed by atoms with E-state index in [0.717, 1.165) is 38.9 Å². The first-order valence-electron chi connectivity index (χ1n) is 8.23. The highest BCUT2D eigenvalue weighted by atomic mass is 15.3. The minimum absolute atomic E-state index is 0.875. The molecule has 0 spiro atoms. The van der Waals surface area contributed by atoms with Crippen molar-refractivity contribution in [3.8, 4) is 0 Å². The number of nitrogens with zero attached hydrogens (tertiary/aromatic N) is 3. The normalized spacial score (nSPS) is 14.0. The van der Waals surface area contributed by atoms with Crippen molar-refractivity contribution >= 4 is 5.69 Å². The number of hydrogen-bond donors (Lipinski definition) is 1. The summed E-state index contributed by atoms with van der Waals surface area (Å²) in [6.07, 6.45) is 3.32. The van der Waals surface area contributed by atoms with Crippen molar-refractivity contribution in [3.05, 3.63) is 46.8 Å².